The second-order valence-corrected chi connectivity index (χ2v) is 10.6. The molecule has 37 heavy (non-hydrogen) atoms. The Kier molecular flexibility index (Phi) is 5.38. The summed E-state index contributed by atoms with van der Waals surface area (Å²) in [4.78, 5) is 32.9. The molecular weight excluding hydrogens is 491 g/mol. The second-order valence-electron chi connectivity index (χ2n) is 9.60. The fourth-order valence-corrected chi connectivity index (χ4v) is 6.35. The van der Waals surface area contributed by atoms with Gasteiger partial charge in [0.05, 0.1) is 21.8 Å². The molecule has 0 spiro atoms. The lowest BCUT2D eigenvalue weighted by Gasteiger charge is -2.23. The van der Waals surface area contributed by atoms with E-state index in [9.17, 15) is 19.1 Å². The highest BCUT2D eigenvalue weighted by Crippen LogP contribution is 2.45. The Morgan fingerprint density at radius 2 is 1.86 bits per heavy atom. The van der Waals surface area contributed by atoms with Crippen LogP contribution in [0.2, 0.25) is 0 Å². The Morgan fingerprint density at radius 3 is 2.62 bits per heavy atom. The lowest BCUT2D eigenvalue weighted by Crippen LogP contribution is -2.29. The molecule has 0 aliphatic carbocycles. The van der Waals surface area contributed by atoms with Crippen LogP contribution in [0.3, 0.4) is 0 Å². The highest BCUT2D eigenvalue weighted by molar-refractivity contribution is 7.22. The van der Waals surface area contributed by atoms with E-state index in [0.717, 1.165) is 32.7 Å². The molecule has 8 heteroatoms. The summed E-state index contributed by atoms with van der Waals surface area (Å²) in [6.07, 6.45) is 0.694. The smallest absolute Gasteiger partial charge is 0.301 e. The first kappa shape index (κ1) is 23.4. The molecule has 186 valence electrons. The van der Waals surface area contributed by atoms with Gasteiger partial charge in [0.15, 0.2) is 5.13 Å². The Hall–Kier alpha value is -4.04. The minimum Gasteiger partial charge on any atom is -0.507 e. The van der Waals surface area contributed by atoms with Crippen LogP contribution in [0.15, 0.2) is 60.2 Å². The van der Waals surface area contributed by atoms with Gasteiger partial charge in [-0.3, -0.25) is 14.5 Å². The van der Waals surface area contributed by atoms with Crippen LogP contribution >= 0.6 is 11.3 Å². The number of aromatic nitrogens is 1. The topological polar surface area (TPSA) is 79.7 Å². The number of anilines is 1. The maximum absolute atomic E-state index is 13.8. The van der Waals surface area contributed by atoms with Gasteiger partial charge in [-0.05, 0) is 79.4 Å². The van der Waals surface area contributed by atoms with Crippen LogP contribution < -0.4 is 9.64 Å². The van der Waals surface area contributed by atoms with Crippen LogP contribution in [0.5, 0.6) is 5.75 Å². The van der Waals surface area contributed by atoms with Gasteiger partial charge in [0, 0.05) is 12.0 Å². The van der Waals surface area contributed by atoms with Gasteiger partial charge >= 0.3 is 5.91 Å². The number of carbonyl (C=O) groups excluding carboxylic acids is 2. The number of carbonyl (C=O) groups is 2. The van der Waals surface area contributed by atoms with Gasteiger partial charge in [0.2, 0.25) is 0 Å². The number of ether oxygens (including phenoxy) is 1. The van der Waals surface area contributed by atoms with Gasteiger partial charge in [-0.15, -0.1) is 0 Å². The minimum atomic E-state index is -0.967. The summed E-state index contributed by atoms with van der Waals surface area (Å²) in [6, 6.07) is 13.8. The summed E-state index contributed by atoms with van der Waals surface area (Å²) in [5, 5.41) is 11.8. The third-order valence-corrected chi connectivity index (χ3v) is 7.83. The van der Waals surface area contributed by atoms with Crippen molar-refractivity contribution in [3.05, 3.63) is 93.8 Å². The molecule has 4 aromatic rings. The number of Topliss-reactive ketones (excluding diaryl/α,β-unsaturated/α-hetero) is 1. The van der Waals surface area contributed by atoms with Crippen LogP contribution in [0.25, 0.3) is 16.0 Å². The molecule has 1 N–H and O–H groups in total. The predicted molar refractivity (Wildman–Crippen MR) is 141 cm³/mol. The summed E-state index contributed by atoms with van der Waals surface area (Å²) in [7, 11) is 0. The lowest BCUT2D eigenvalue weighted by molar-refractivity contribution is -0.132. The van der Waals surface area contributed by atoms with Crippen molar-refractivity contribution in [2.45, 2.75) is 39.3 Å². The van der Waals surface area contributed by atoms with Crippen LogP contribution in [0, 0.1) is 19.7 Å². The molecule has 3 heterocycles. The molecule has 6 rings (SSSR count). The number of nitrogens with zero attached hydrogens (tertiary/aromatic N) is 2. The first-order valence-corrected chi connectivity index (χ1v) is 12.8. The molecule has 0 bridgehead atoms. The average Bonchev–Trinajstić information content (AvgIpc) is 3.52. The molecule has 2 aliphatic heterocycles. The number of halogens is 1. The fourth-order valence-electron chi connectivity index (χ4n) is 5.18. The summed E-state index contributed by atoms with van der Waals surface area (Å²) in [5.41, 5.74) is 4.54. The summed E-state index contributed by atoms with van der Waals surface area (Å²) < 4.78 is 20.5. The normalized spacial score (nSPS) is 20.5. The molecule has 1 saturated heterocycles. The Labute approximate surface area is 216 Å². The number of aryl methyl sites for hydroxylation is 2. The van der Waals surface area contributed by atoms with Crippen molar-refractivity contribution in [3.8, 4) is 5.75 Å². The van der Waals surface area contributed by atoms with Crippen LogP contribution in [0.4, 0.5) is 9.52 Å². The van der Waals surface area contributed by atoms with Gasteiger partial charge < -0.3 is 9.84 Å². The van der Waals surface area contributed by atoms with E-state index in [-0.39, 0.29) is 17.4 Å². The Morgan fingerprint density at radius 1 is 1.11 bits per heavy atom. The number of hydrogen-bond acceptors (Lipinski definition) is 6. The maximum atomic E-state index is 13.8. The molecule has 0 radical (unpaired) electrons. The average molecular weight is 515 g/mol. The van der Waals surface area contributed by atoms with Crippen molar-refractivity contribution < 1.29 is 23.8 Å². The van der Waals surface area contributed by atoms with E-state index in [4.69, 9.17) is 9.72 Å². The molecular formula is C29H23FN2O4S. The number of amides is 1. The fraction of sp³-hybridized carbons (Fsp3) is 0.207. The maximum Gasteiger partial charge on any atom is 0.301 e. The SMILES string of the molecule is Cc1cc(C)c2nc(N3C(=O)C(=O)/C(=C(/O)c4ccc5c(c4)C[C@H](C)O5)[C@H]3c3ccc(F)cc3)sc2c1. The van der Waals surface area contributed by atoms with Crippen molar-refractivity contribution in [2.24, 2.45) is 0 Å². The molecule has 0 unspecified atom stereocenters. The van der Waals surface area contributed by atoms with Gasteiger partial charge in [0.25, 0.3) is 5.78 Å². The van der Waals surface area contributed by atoms with E-state index in [0.29, 0.717) is 22.7 Å². The molecule has 0 saturated carbocycles. The summed E-state index contributed by atoms with van der Waals surface area (Å²) in [6.45, 7) is 5.89. The van der Waals surface area contributed by atoms with Crippen molar-refractivity contribution >= 4 is 44.1 Å². The van der Waals surface area contributed by atoms with Crippen molar-refractivity contribution in [1.29, 1.82) is 0 Å². The van der Waals surface area contributed by atoms with Crippen molar-refractivity contribution in [1.82, 2.24) is 4.98 Å². The number of rotatable bonds is 3. The molecule has 1 amide bonds. The first-order chi connectivity index (χ1) is 17.7. The van der Waals surface area contributed by atoms with Crippen LogP contribution in [0.1, 0.15) is 40.8 Å². The van der Waals surface area contributed by atoms with Gasteiger partial charge in [-0.25, -0.2) is 9.37 Å². The van der Waals surface area contributed by atoms with Crippen molar-refractivity contribution in [3.63, 3.8) is 0 Å². The van der Waals surface area contributed by atoms with E-state index in [1.807, 2.05) is 32.9 Å². The summed E-state index contributed by atoms with van der Waals surface area (Å²) in [5.74, 6) is -1.60. The van der Waals surface area contributed by atoms with Gasteiger partial charge in [0.1, 0.15) is 23.4 Å². The first-order valence-electron chi connectivity index (χ1n) is 12.0. The summed E-state index contributed by atoms with van der Waals surface area (Å²) >= 11 is 1.30. The van der Waals surface area contributed by atoms with Crippen LogP contribution in [-0.4, -0.2) is 27.9 Å². The monoisotopic (exact) mass is 514 g/mol. The quantitative estimate of drug-likeness (QED) is 0.206. The molecule has 6 nitrogen and oxygen atoms in total. The predicted octanol–water partition coefficient (Wildman–Crippen LogP) is 6.00. The zero-order valence-electron chi connectivity index (χ0n) is 20.4. The third kappa shape index (κ3) is 3.79. The molecule has 1 fully saturated rings. The number of thiazole rings is 1. The third-order valence-electron chi connectivity index (χ3n) is 6.82. The number of fused-ring (bicyclic) bond motifs is 2. The Balaban J connectivity index is 1.54. The Bertz CT molecular complexity index is 1640. The van der Waals surface area contributed by atoms with E-state index in [2.05, 4.69) is 0 Å². The number of hydrogen-bond donors (Lipinski definition) is 1. The van der Waals surface area contributed by atoms with Gasteiger partial charge in [-0.2, -0.15) is 0 Å². The van der Waals surface area contributed by atoms with E-state index >= 15 is 0 Å². The molecule has 2 aliphatic rings. The number of benzene rings is 3. The van der Waals surface area contributed by atoms with E-state index in [1.54, 1.807) is 18.2 Å². The minimum absolute atomic E-state index is 0.0170. The van der Waals surface area contributed by atoms with E-state index < -0.39 is 23.5 Å². The number of ketones is 1. The van der Waals surface area contributed by atoms with E-state index in [1.165, 1.54) is 40.5 Å². The number of aliphatic hydroxyl groups excluding tert-OH is 1. The molecule has 1 aromatic heterocycles. The largest absolute Gasteiger partial charge is 0.507 e. The van der Waals surface area contributed by atoms with Gasteiger partial charge in [-0.1, -0.05) is 29.5 Å². The molecule has 2 atom stereocenters. The zero-order valence-corrected chi connectivity index (χ0v) is 21.2. The highest BCUT2D eigenvalue weighted by Gasteiger charge is 2.48. The zero-order chi connectivity index (χ0) is 26.0. The molecule has 3 aromatic carbocycles. The standard InChI is InChI=1S/C29H23FN2O4S/c1-14-10-15(2)24-22(11-14)37-29(31-24)32-25(17-4-7-20(30)8-5-17)23(27(34)28(32)35)26(33)18-6-9-21-19(13-18)12-16(3)36-21/h4-11,13,16,25,33H,12H2,1-3H3/b26-23+/t16-,25+/m0/s1. The highest BCUT2D eigenvalue weighted by atomic mass is 32.1. The van der Waals surface area contributed by atoms with Crippen molar-refractivity contribution in [2.75, 3.05) is 4.90 Å². The van der Waals surface area contributed by atoms with Crippen LogP contribution in [-0.2, 0) is 16.0 Å². The lowest BCUT2D eigenvalue weighted by atomic mass is 9.94. The number of aliphatic hydroxyl groups is 1. The second kappa shape index (κ2) is 8.52.